The predicted octanol–water partition coefficient (Wildman–Crippen LogP) is 4.05. The van der Waals surface area contributed by atoms with Crippen LogP contribution in [-0.4, -0.2) is 16.5 Å². The van der Waals surface area contributed by atoms with Gasteiger partial charge in [0.15, 0.2) is 0 Å². The van der Waals surface area contributed by atoms with Gasteiger partial charge in [0.05, 0.1) is 0 Å². The summed E-state index contributed by atoms with van der Waals surface area (Å²) < 4.78 is 1.03. The largest absolute Gasteiger partial charge is 0.370 e. The van der Waals surface area contributed by atoms with E-state index < -0.39 is 0 Å². The highest BCUT2D eigenvalue weighted by atomic mass is 79.9. The molecule has 0 amide bonds. The number of nitrogens with one attached hydrogen (secondary N) is 2. The van der Waals surface area contributed by atoms with Crippen molar-refractivity contribution in [3.8, 4) is 0 Å². The van der Waals surface area contributed by atoms with E-state index in [1.54, 1.807) is 6.33 Å². The molecule has 0 radical (unpaired) electrons. The van der Waals surface area contributed by atoms with Crippen molar-refractivity contribution in [2.45, 2.75) is 13.8 Å². The monoisotopic (exact) mass is 320 g/mol. The van der Waals surface area contributed by atoms with Crippen LogP contribution in [0, 0.1) is 5.92 Å². The summed E-state index contributed by atoms with van der Waals surface area (Å²) in [5.74, 6) is 2.19. The molecule has 2 aromatic rings. The van der Waals surface area contributed by atoms with Crippen molar-refractivity contribution in [2.75, 3.05) is 17.2 Å². The molecular weight excluding hydrogens is 304 g/mol. The molecule has 0 spiro atoms. The molecule has 100 valence electrons. The zero-order valence-electron chi connectivity index (χ0n) is 11.0. The molecule has 4 nitrogen and oxygen atoms in total. The molecule has 0 atom stereocenters. The number of hydrogen-bond acceptors (Lipinski definition) is 4. The van der Waals surface area contributed by atoms with Crippen LogP contribution in [-0.2, 0) is 0 Å². The third kappa shape index (κ3) is 4.52. The fraction of sp³-hybridized carbons (Fsp3) is 0.286. The lowest BCUT2D eigenvalue weighted by Gasteiger charge is -2.10. The number of nitrogens with zero attached hydrogens (tertiary/aromatic N) is 2. The van der Waals surface area contributed by atoms with E-state index in [0.717, 1.165) is 28.3 Å². The van der Waals surface area contributed by atoms with Crippen LogP contribution in [0.25, 0.3) is 0 Å². The number of benzene rings is 1. The number of halogens is 1. The Morgan fingerprint density at radius 2 is 1.95 bits per heavy atom. The minimum atomic E-state index is 0.580. The molecule has 1 aromatic carbocycles. The van der Waals surface area contributed by atoms with Crippen molar-refractivity contribution in [1.82, 2.24) is 9.97 Å². The van der Waals surface area contributed by atoms with E-state index >= 15 is 0 Å². The van der Waals surface area contributed by atoms with Gasteiger partial charge in [-0.1, -0.05) is 35.8 Å². The second-order valence-electron chi connectivity index (χ2n) is 4.70. The van der Waals surface area contributed by atoms with Crippen molar-refractivity contribution >= 4 is 33.3 Å². The summed E-state index contributed by atoms with van der Waals surface area (Å²) in [4.78, 5) is 8.41. The van der Waals surface area contributed by atoms with Crippen molar-refractivity contribution in [3.63, 3.8) is 0 Å². The second kappa shape index (κ2) is 6.52. The normalized spacial score (nSPS) is 10.5. The van der Waals surface area contributed by atoms with Gasteiger partial charge in [-0.3, -0.25) is 0 Å². The molecule has 0 fully saturated rings. The molecule has 1 heterocycles. The Morgan fingerprint density at radius 1 is 1.16 bits per heavy atom. The maximum absolute atomic E-state index is 4.21. The first-order valence-corrected chi connectivity index (χ1v) is 7.01. The minimum Gasteiger partial charge on any atom is -0.370 e. The third-order valence-electron chi connectivity index (χ3n) is 2.46. The second-order valence-corrected chi connectivity index (χ2v) is 5.61. The molecule has 2 N–H and O–H groups in total. The van der Waals surface area contributed by atoms with Crippen LogP contribution >= 0.6 is 15.9 Å². The molecule has 19 heavy (non-hydrogen) atoms. The molecule has 5 heteroatoms. The topological polar surface area (TPSA) is 49.8 Å². The van der Waals surface area contributed by atoms with Gasteiger partial charge >= 0.3 is 0 Å². The summed E-state index contributed by atoms with van der Waals surface area (Å²) in [6.07, 6.45) is 1.56. The van der Waals surface area contributed by atoms with Gasteiger partial charge in [-0.05, 0) is 24.1 Å². The van der Waals surface area contributed by atoms with Gasteiger partial charge in [-0.2, -0.15) is 0 Å². The number of hydrogen-bond donors (Lipinski definition) is 2. The van der Waals surface area contributed by atoms with Crippen LogP contribution in [0.15, 0.2) is 41.1 Å². The average molecular weight is 321 g/mol. The Hall–Kier alpha value is -1.62. The minimum absolute atomic E-state index is 0.580. The molecule has 0 bridgehead atoms. The molecule has 0 unspecified atom stereocenters. The molecule has 0 aliphatic heterocycles. The SMILES string of the molecule is CC(C)CNc1cc(Nc2cccc(Br)c2)ncn1. The molecule has 0 saturated carbocycles. The Kier molecular flexibility index (Phi) is 4.74. The van der Waals surface area contributed by atoms with Crippen LogP contribution in [0.4, 0.5) is 17.3 Å². The summed E-state index contributed by atoms with van der Waals surface area (Å²) in [6, 6.07) is 9.87. The fourth-order valence-corrected chi connectivity index (χ4v) is 1.94. The average Bonchev–Trinajstić information content (AvgIpc) is 2.37. The standard InChI is InChI=1S/C14H17BrN4/c1-10(2)8-16-13-7-14(18-9-17-13)19-12-5-3-4-11(15)6-12/h3-7,9-10H,8H2,1-2H3,(H2,16,17,18,19). The molecule has 0 saturated heterocycles. The lowest BCUT2D eigenvalue weighted by Crippen LogP contribution is -2.09. The summed E-state index contributed by atoms with van der Waals surface area (Å²) in [5.41, 5.74) is 0.989. The smallest absolute Gasteiger partial charge is 0.135 e. The van der Waals surface area contributed by atoms with Crippen molar-refractivity contribution in [1.29, 1.82) is 0 Å². The van der Waals surface area contributed by atoms with E-state index in [1.807, 2.05) is 30.3 Å². The Morgan fingerprint density at radius 3 is 2.68 bits per heavy atom. The van der Waals surface area contributed by atoms with E-state index in [9.17, 15) is 0 Å². The number of aromatic nitrogens is 2. The first kappa shape index (κ1) is 13.8. The van der Waals surface area contributed by atoms with Gasteiger partial charge in [0.1, 0.15) is 18.0 Å². The van der Waals surface area contributed by atoms with Gasteiger partial charge in [0, 0.05) is 22.8 Å². The Balaban J connectivity index is 2.06. The molecule has 0 aliphatic rings. The molecular formula is C14H17BrN4. The van der Waals surface area contributed by atoms with Crippen LogP contribution in [0.1, 0.15) is 13.8 Å². The van der Waals surface area contributed by atoms with E-state index in [0.29, 0.717) is 5.92 Å². The van der Waals surface area contributed by atoms with Crippen LogP contribution in [0.5, 0.6) is 0 Å². The predicted molar refractivity (Wildman–Crippen MR) is 82.8 cm³/mol. The maximum atomic E-state index is 4.21. The third-order valence-corrected chi connectivity index (χ3v) is 2.95. The van der Waals surface area contributed by atoms with Crippen LogP contribution in [0.3, 0.4) is 0 Å². The van der Waals surface area contributed by atoms with E-state index in [4.69, 9.17) is 0 Å². The molecule has 2 rings (SSSR count). The highest BCUT2D eigenvalue weighted by molar-refractivity contribution is 9.10. The fourth-order valence-electron chi connectivity index (χ4n) is 1.55. The number of rotatable bonds is 5. The van der Waals surface area contributed by atoms with Gasteiger partial charge in [0.2, 0.25) is 0 Å². The first-order chi connectivity index (χ1) is 9.13. The van der Waals surface area contributed by atoms with Gasteiger partial charge < -0.3 is 10.6 Å². The highest BCUT2D eigenvalue weighted by Crippen LogP contribution is 2.20. The highest BCUT2D eigenvalue weighted by Gasteiger charge is 2.01. The zero-order chi connectivity index (χ0) is 13.7. The van der Waals surface area contributed by atoms with Gasteiger partial charge in [0.25, 0.3) is 0 Å². The first-order valence-electron chi connectivity index (χ1n) is 6.22. The van der Waals surface area contributed by atoms with Crippen molar-refractivity contribution in [3.05, 3.63) is 41.1 Å². The van der Waals surface area contributed by atoms with Crippen LogP contribution in [0.2, 0.25) is 0 Å². The summed E-state index contributed by atoms with van der Waals surface area (Å²) in [6.45, 7) is 5.22. The van der Waals surface area contributed by atoms with Crippen molar-refractivity contribution < 1.29 is 0 Å². The van der Waals surface area contributed by atoms with Crippen molar-refractivity contribution in [2.24, 2.45) is 5.92 Å². The lowest BCUT2D eigenvalue weighted by atomic mass is 10.2. The molecule has 0 aliphatic carbocycles. The summed E-state index contributed by atoms with van der Waals surface area (Å²) in [5, 5.41) is 6.53. The maximum Gasteiger partial charge on any atom is 0.135 e. The lowest BCUT2D eigenvalue weighted by molar-refractivity contribution is 0.687. The zero-order valence-corrected chi connectivity index (χ0v) is 12.6. The Labute approximate surface area is 121 Å². The van der Waals surface area contributed by atoms with Gasteiger partial charge in [-0.15, -0.1) is 0 Å². The molecule has 1 aromatic heterocycles. The van der Waals surface area contributed by atoms with E-state index in [-0.39, 0.29) is 0 Å². The van der Waals surface area contributed by atoms with Crippen LogP contribution < -0.4 is 10.6 Å². The summed E-state index contributed by atoms with van der Waals surface area (Å²) in [7, 11) is 0. The quantitative estimate of drug-likeness (QED) is 0.872. The van der Waals surface area contributed by atoms with E-state index in [2.05, 4.69) is 50.4 Å². The Bertz CT molecular complexity index is 542. The number of anilines is 3. The summed E-state index contributed by atoms with van der Waals surface area (Å²) >= 11 is 3.45. The van der Waals surface area contributed by atoms with E-state index in [1.165, 1.54) is 0 Å². The van der Waals surface area contributed by atoms with Gasteiger partial charge in [-0.25, -0.2) is 9.97 Å².